The number of aryl methyl sites for hydroxylation is 1. The fourth-order valence-electron chi connectivity index (χ4n) is 3.07. The molecule has 1 fully saturated rings. The van der Waals surface area contributed by atoms with Crippen molar-refractivity contribution in [2.24, 2.45) is 5.92 Å². The van der Waals surface area contributed by atoms with Gasteiger partial charge in [0.05, 0.1) is 23.2 Å². The summed E-state index contributed by atoms with van der Waals surface area (Å²) in [7, 11) is 0. The van der Waals surface area contributed by atoms with Crippen LogP contribution in [0.25, 0.3) is 0 Å². The Labute approximate surface area is 133 Å². The van der Waals surface area contributed by atoms with Crippen molar-refractivity contribution < 1.29 is 18.0 Å². The van der Waals surface area contributed by atoms with Crippen molar-refractivity contribution in [3.05, 3.63) is 23.8 Å². The number of hydrogen-bond acceptors (Lipinski definition) is 3. The molecule has 2 rings (SSSR count). The van der Waals surface area contributed by atoms with Crippen LogP contribution in [0.3, 0.4) is 0 Å². The molecule has 1 N–H and O–H groups in total. The van der Waals surface area contributed by atoms with Crippen LogP contribution >= 0.6 is 0 Å². The number of halogens is 3. The first kappa shape index (κ1) is 17.5. The van der Waals surface area contributed by atoms with Gasteiger partial charge in [-0.1, -0.05) is 0 Å². The number of alkyl halides is 3. The minimum absolute atomic E-state index is 0.0785. The summed E-state index contributed by atoms with van der Waals surface area (Å²) in [5.41, 5.74) is -0.654. The molecule has 2 amide bonds. The number of hydrogen-bond donors (Lipinski definition) is 1. The van der Waals surface area contributed by atoms with E-state index in [2.05, 4.69) is 15.3 Å². The van der Waals surface area contributed by atoms with Crippen LogP contribution in [-0.2, 0) is 0 Å². The number of likely N-dealkylation sites (tertiary alicyclic amines) is 1. The third-order valence-electron chi connectivity index (χ3n) is 4.41. The molecule has 2 heterocycles. The van der Waals surface area contributed by atoms with Crippen molar-refractivity contribution in [3.63, 3.8) is 0 Å². The molecule has 1 aromatic heterocycles. The summed E-state index contributed by atoms with van der Waals surface area (Å²) < 4.78 is 39.3. The average Bonchev–Trinajstić information content (AvgIpc) is 2.73. The third-order valence-corrected chi connectivity index (χ3v) is 4.41. The molecule has 0 spiro atoms. The van der Waals surface area contributed by atoms with Crippen molar-refractivity contribution >= 4 is 6.03 Å². The van der Waals surface area contributed by atoms with Gasteiger partial charge in [-0.2, -0.15) is 13.2 Å². The number of carbonyl (C=O) groups excluding carboxylic acids is 1. The standard InChI is InChI=1S/C15H21F3N4O/c1-9(11-5-7-19-10(2)21-11)20-13(23)22-8-6-12(14(22,3)4)15(16,17)18/h5,7,9,12H,6,8H2,1-4H3,(H,20,23). The number of nitrogens with one attached hydrogen (secondary N) is 1. The van der Waals surface area contributed by atoms with Gasteiger partial charge in [0.2, 0.25) is 0 Å². The number of rotatable bonds is 2. The number of amides is 2. The molecule has 0 radical (unpaired) electrons. The van der Waals surface area contributed by atoms with E-state index in [4.69, 9.17) is 0 Å². The first-order chi connectivity index (χ1) is 10.5. The van der Waals surface area contributed by atoms with E-state index in [1.807, 2.05) is 0 Å². The molecule has 0 saturated carbocycles. The molecular weight excluding hydrogens is 309 g/mol. The maximum atomic E-state index is 13.1. The second kappa shape index (κ2) is 5.98. The highest BCUT2D eigenvalue weighted by atomic mass is 19.4. The molecule has 128 valence electrons. The van der Waals surface area contributed by atoms with E-state index in [0.717, 1.165) is 0 Å². The van der Waals surface area contributed by atoms with Gasteiger partial charge in [-0.15, -0.1) is 0 Å². The fourth-order valence-corrected chi connectivity index (χ4v) is 3.07. The van der Waals surface area contributed by atoms with Gasteiger partial charge in [0.1, 0.15) is 5.82 Å². The molecule has 2 atom stereocenters. The molecule has 0 bridgehead atoms. The molecule has 5 nitrogen and oxygen atoms in total. The van der Waals surface area contributed by atoms with E-state index in [1.54, 1.807) is 26.1 Å². The van der Waals surface area contributed by atoms with E-state index >= 15 is 0 Å². The average molecular weight is 330 g/mol. The summed E-state index contributed by atoms with van der Waals surface area (Å²) in [4.78, 5) is 21.9. The summed E-state index contributed by atoms with van der Waals surface area (Å²) in [5, 5.41) is 2.72. The molecule has 0 aliphatic carbocycles. The van der Waals surface area contributed by atoms with Crippen molar-refractivity contribution in [2.75, 3.05) is 6.54 Å². The summed E-state index contributed by atoms with van der Waals surface area (Å²) in [5.74, 6) is -0.945. The Morgan fingerprint density at radius 1 is 1.48 bits per heavy atom. The van der Waals surface area contributed by atoms with Gasteiger partial charge in [0, 0.05) is 12.7 Å². The smallest absolute Gasteiger partial charge is 0.330 e. The van der Waals surface area contributed by atoms with E-state index in [9.17, 15) is 18.0 Å². The zero-order valence-corrected chi connectivity index (χ0v) is 13.6. The second-order valence-electron chi connectivity index (χ2n) is 6.39. The van der Waals surface area contributed by atoms with Crippen LogP contribution < -0.4 is 5.32 Å². The zero-order valence-electron chi connectivity index (χ0n) is 13.6. The van der Waals surface area contributed by atoms with E-state index < -0.39 is 29.7 Å². The Balaban J connectivity index is 2.09. The lowest BCUT2D eigenvalue weighted by molar-refractivity contribution is -0.189. The third kappa shape index (κ3) is 3.56. The van der Waals surface area contributed by atoms with Crippen LogP contribution in [0, 0.1) is 12.8 Å². The van der Waals surface area contributed by atoms with Gasteiger partial charge in [-0.3, -0.25) is 0 Å². The number of aromatic nitrogens is 2. The first-order valence-electron chi connectivity index (χ1n) is 7.48. The number of urea groups is 1. The Bertz CT molecular complexity index is 588. The summed E-state index contributed by atoms with van der Waals surface area (Å²) in [6, 6.07) is 0.751. The van der Waals surface area contributed by atoms with Crippen LogP contribution in [0.4, 0.5) is 18.0 Å². The summed E-state index contributed by atoms with van der Waals surface area (Å²) in [6.45, 7) is 6.46. The molecule has 1 aromatic rings. The van der Waals surface area contributed by atoms with E-state index in [1.165, 1.54) is 18.7 Å². The lowest BCUT2D eigenvalue weighted by atomic mass is 9.88. The predicted molar refractivity (Wildman–Crippen MR) is 78.7 cm³/mol. The summed E-state index contributed by atoms with van der Waals surface area (Å²) >= 11 is 0. The molecule has 0 aromatic carbocycles. The number of carbonyl (C=O) groups is 1. The van der Waals surface area contributed by atoms with Gasteiger partial charge in [0.15, 0.2) is 0 Å². The second-order valence-corrected chi connectivity index (χ2v) is 6.39. The van der Waals surface area contributed by atoms with Gasteiger partial charge in [0.25, 0.3) is 0 Å². The van der Waals surface area contributed by atoms with Gasteiger partial charge < -0.3 is 10.2 Å². The lowest BCUT2D eigenvalue weighted by Gasteiger charge is -2.37. The van der Waals surface area contributed by atoms with Crippen LogP contribution in [-0.4, -0.2) is 39.2 Å². The largest absolute Gasteiger partial charge is 0.394 e. The Morgan fingerprint density at radius 2 is 2.13 bits per heavy atom. The Kier molecular flexibility index (Phi) is 4.54. The van der Waals surface area contributed by atoms with Crippen molar-refractivity contribution in [2.45, 2.75) is 51.9 Å². The normalized spacial score (nSPS) is 22.0. The van der Waals surface area contributed by atoms with Crippen LogP contribution in [0.2, 0.25) is 0 Å². The minimum Gasteiger partial charge on any atom is -0.330 e. The molecular formula is C15H21F3N4O. The number of nitrogens with zero attached hydrogens (tertiary/aromatic N) is 3. The van der Waals surface area contributed by atoms with E-state index in [-0.39, 0.29) is 13.0 Å². The topological polar surface area (TPSA) is 58.1 Å². The molecule has 8 heteroatoms. The maximum absolute atomic E-state index is 13.1. The van der Waals surface area contributed by atoms with Gasteiger partial charge >= 0.3 is 12.2 Å². The lowest BCUT2D eigenvalue weighted by Crippen LogP contribution is -2.53. The van der Waals surface area contributed by atoms with Crippen molar-refractivity contribution in [1.82, 2.24) is 20.2 Å². The fraction of sp³-hybridized carbons (Fsp3) is 0.667. The molecule has 1 aliphatic rings. The quantitative estimate of drug-likeness (QED) is 0.906. The van der Waals surface area contributed by atoms with Crippen molar-refractivity contribution in [3.8, 4) is 0 Å². The summed E-state index contributed by atoms with van der Waals surface area (Å²) in [6.07, 6.45) is -2.81. The highest BCUT2D eigenvalue weighted by molar-refractivity contribution is 5.76. The SMILES string of the molecule is Cc1nccc(C(C)NC(=O)N2CCC(C(F)(F)F)C2(C)C)n1. The van der Waals surface area contributed by atoms with Crippen LogP contribution in [0.15, 0.2) is 12.3 Å². The van der Waals surface area contributed by atoms with Crippen molar-refractivity contribution in [1.29, 1.82) is 0 Å². The molecule has 23 heavy (non-hydrogen) atoms. The molecule has 1 saturated heterocycles. The zero-order chi connectivity index (χ0) is 17.4. The van der Waals surface area contributed by atoms with Gasteiger partial charge in [-0.05, 0) is 40.2 Å². The molecule has 2 unspecified atom stereocenters. The monoisotopic (exact) mass is 330 g/mol. The van der Waals surface area contributed by atoms with Crippen LogP contribution in [0.5, 0.6) is 0 Å². The van der Waals surface area contributed by atoms with Crippen LogP contribution in [0.1, 0.15) is 44.8 Å². The molecule has 1 aliphatic heterocycles. The predicted octanol–water partition coefficient (Wildman–Crippen LogP) is 3.22. The maximum Gasteiger partial charge on any atom is 0.394 e. The van der Waals surface area contributed by atoms with Gasteiger partial charge in [-0.25, -0.2) is 14.8 Å². The first-order valence-corrected chi connectivity index (χ1v) is 7.48. The highest BCUT2D eigenvalue weighted by Crippen LogP contribution is 2.44. The highest BCUT2D eigenvalue weighted by Gasteiger charge is 2.56. The Morgan fingerprint density at radius 3 is 2.65 bits per heavy atom. The Hall–Kier alpha value is -1.86. The van der Waals surface area contributed by atoms with E-state index in [0.29, 0.717) is 11.5 Å². The minimum atomic E-state index is -4.31.